The molecule has 0 atom stereocenters. The van der Waals surface area contributed by atoms with Gasteiger partial charge in [-0.1, -0.05) is 12.1 Å². The monoisotopic (exact) mass is 379 g/mol. The number of benzene rings is 2. The van der Waals surface area contributed by atoms with Gasteiger partial charge in [-0.15, -0.1) is 0 Å². The summed E-state index contributed by atoms with van der Waals surface area (Å²) in [5.41, 5.74) is 2.62. The van der Waals surface area contributed by atoms with Crippen molar-refractivity contribution in [1.29, 1.82) is 0 Å². The molecule has 28 heavy (non-hydrogen) atoms. The van der Waals surface area contributed by atoms with E-state index in [0.29, 0.717) is 31.3 Å². The summed E-state index contributed by atoms with van der Waals surface area (Å²) >= 11 is 0. The fraction of sp³-hybridized carbons (Fsp3) is 0.143. The molecule has 3 aromatic rings. The van der Waals surface area contributed by atoms with Crippen molar-refractivity contribution in [2.24, 2.45) is 0 Å². The van der Waals surface area contributed by atoms with Crippen LogP contribution < -0.4 is 20.1 Å². The number of ether oxygens (including phenoxy) is 2. The van der Waals surface area contributed by atoms with E-state index in [4.69, 9.17) is 9.47 Å². The van der Waals surface area contributed by atoms with Crippen LogP contribution in [0.2, 0.25) is 0 Å². The number of fused-ring (bicyclic) bond motifs is 1. The van der Waals surface area contributed by atoms with Crippen molar-refractivity contribution in [3.05, 3.63) is 77.9 Å². The third-order valence-electron chi connectivity index (χ3n) is 4.19. The Morgan fingerprint density at radius 1 is 0.964 bits per heavy atom. The van der Waals surface area contributed by atoms with Crippen LogP contribution in [0, 0.1) is 5.82 Å². The third-order valence-corrected chi connectivity index (χ3v) is 4.19. The highest BCUT2D eigenvalue weighted by Crippen LogP contribution is 2.33. The minimum Gasteiger partial charge on any atom is -0.486 e. The molecule has 0 fully saturated rings. The number of pyridine rings is 1. The molecular weight excluding hydrogens is 361 g/mol. The van der Waals surface area contributed by atoms with Crippen molar-refractivity contribution < 1.29 is 18.7 Å². The summed E-state index contributed by atoms with van der Waals surface area (Å²) in [6, 6.07) is 15.0. The lowest BCUT2D eigenvalue weighted by Crippen LogP contribution is -2.23. The molecule has 7 heteroatoms. The number of rotatable bonds is 5. The zero-order valence-corrected chi connectivity index (χ0v) is 14.9. The third kappa shape index (κ3) is 4.20. The van der Waals surface area contributed by atoms with Crippen LogP contribution in [0.3, 0.4) is 0 Å². The average molecular weight is 379 g/mol. The first kappa shape index (κ1) is 17.8. The molecule has 1 aliphatic rings. The van der Waals surface area contributed by atoms with Crippen LogP contribution in [0.15, 0.2) is 60.8 Å². The number of carbonyl (C=O) groups excluding carboxylic acids is 1. The van der Waals surface area contributed by atoms with E-state index in [1.165, 1.54) is 12.1 Å². The summed E-state index contributed by atoms with van der Waals surface area (Å²) in [4.78, 5) is 16.5. The second-order valence-corrected chi connectivity index (χ2v) is 6.22. The van der Waals surface area contributed by atoms with Gasteiger partial charge in [-0.05, 0) is 42.0 Å². The highest BCUT2D eigenvalue weighted by molar-refractivity contribution is 5.93. The van der Waals surface area contributed by atoms with Gasteiger partial charge in [0.25, 0.3) is 5.91 Å². The second-order valence-electron chi connectivity index (χ2n) is 6.22. The fourth-order valence-corrected chi connectivity index (χ4v) is 2.80. The topological polar surface area (TPSA) is 72.5 Å². The second kappa shape index (κ2) is 7.96. The summed E-state index contributed by atoms with van der Waals surface area (Å²) in [6.45, 7) is 1.35. The van der Waals surface area contributed by atoms with E-state index in [1.807, 2.05) is 18.2 Å². The van der Waals surface area contributed by atoms with Crippen molar-refractivity contribution in [2.75, 3.05) is 18.5 Å². The molecule has 0 spiro atoms. The lowest BCUT2D eigenvalue weighted by Gasteiger charge is -2.19. The van der Waals surface area contributed by atoms with E-state index >= 15 is 0 Å². The molecule has 0 bridgehead atoms. The number of nitrogens with one attached hydrogen (secondary N) is 2. The number of amides is 1. The first-order chi connectivity index (χ1) is 13.7. The number of hydrogen-bond donors (Lipinski definition) is 2. The Bertz CT molecular complexity index is 992. The van der Waals surface area contributed by atoms with E-state index in [2.05, 4.69) is 15.6 Å². The van der Waals surface area contributed by atoms with Crippen LogP contribution >= 0.6 is 0 Å². The first-order valence-electron chi connectivity index (χ1n) is 8.83. The predicted octanol–water partition coefficient (Wildman–Crippen LogP) is 3.67. The number of halogens is 1. The zero-order valence-electron chi connectivity index (χ0n) is 14.9. The quantitative estimate of drug-likeness (QED) is 0.708. The largest absolute Gasteiger partial charge is 0.486 e. The van der Waals surface area contributed by atoms with E-state index in [-0.39, 0.29) is 17.4 Å². The fourth-order valence-electron chi connectivity index (χ4n) is 2.80. The lowest BCUT2D eigenvalue weighted by atomic mass is 10.2. The van der Waals surface area contributed by atoms with Gasteiger partial charge in [-0.3, -0.25) is 9.78 Å². The van der Waals surface area contributed by atoms with Crippen LogP contribution in [0.4, 0.5) is 15.8 Å². The number of carbonyl (C=O) groups is 1. The molecule has 2 aromatic carbocycles. The van der Waals surface area contributed by atoms with Gasteiger partial charge in [0.05, 0.1) is 0 Å². The molecule has 1 amide bonds. The predicted molar refractivity (Wildman–Crippen MR) is 103 cm³/mol. The molecule has 2 heterocycles. The van der Waals surface area contributed by atoms with E-state index in [0.717, 1.165) is 16.9 Å². The molecule has 0 radical (unpaired) electrons. The molecular formula is C21H18FN3O3. The van der Waals surface area contributed by atoms with Gasteiger partial charge in [0.2, 0.25) is 0 Å². The minimum atomic E-state index is -0.311. The van der Waals surface area contributed by atoms with Gasteiger partial charge in [0.1, 0.15) is 24.7 Å². The summed E-state index contributed by atoms with van der Waals surface area (Å²) in [6.07, 6.45) is 1.56. The lowest BCUT2D eigenvalue weighted by molar-refractivity contribution is 0.0946. The smallest absolute Gasteiger partial charge is 0.270 e. The van der Waals surface area contributed by atoms with Gasteiger partial charge >= 0.3 is 0 Å². The summed E-state index contributed by atoms with van der Waals surface area (Å²) in [5, 5.41) is 6.01. The maximum atomic E-state index is 12.9. The summed E-state index contributed by atoms with van der Waals surface area (Å²) in [7, 11) is 0. The van der Waals surface area contributed by atoms with E-state index in [9.17, 15) is 9.18 Å². The Balaban J connectivity index is 1.42. The molecule has 6 nitrogen and oxygen atoms in total. The maximum Gasteiger partial charge on any atom is 0.270 e. The Morgan fingerprint density at radius 3 is 2.54 bits per heavy atom. The summed E-state index contributed by atoms with van der Waals surface area (Å²) in [5.74, 6) is 0.778. The van der Waals surface area contributed by atoms with Gasteiger partial charge in [-0.25, -0.2) is 4.39 Å². The molecule has 0 saturated heterocycles. The Morgan fingerprint density at radius 2 is 1.71 bits per heavy atom. The van der Waals surface area contributed by atoms with Crippen LogP contribution in [0.1, 0.15) is 16.1 Å². The number of nitrogens with zero attached hydrogens (tertiary/aromatic N) is 1. The molecule has 0 aliphatic carbocycles. The van der Waals surface area contributed by atoms with Crippen molar-refractivity contribution >= 4 is 17.3 Å². The van der Waals surface area contributed by atoms with Crippen molar-refractivity contribution in [3.8, 4) is 11.5 Å². The van der Waals surface area contributed by atoms with Crippen LogP contribution in [-0.2, 0) is 6.54 Å². The maximum absolute atomic E-state index is 12.9. The molecule has 1 aliphatic heterocycles. The molecule has 0 unspecified atom stereocenters. The Hall–Kier alpha value is -3.61. The molecule has 0 saturated carbocycles. The number of hydrogen-bond acceptors (Lipinski definition) is 5. The van der Waals surface area contributed by atoms with E-state index in [1.54, 1.807) is 30.5 Å². The Kier molecular flexibility index (Phi) is 5.05. The molecule has 1 aromatic heterocycles. The molecule has 4 rings (SSSR count). The van der Waals surface area contributed by atoms with Gasteiger partial charge in [0.15, 0.2) is 11.5 Å². The summed E-state index contributed by atoms with van der Waals surface area (Å²) < 4.78 is 24.0. The first-order valence-corrected chi connectivity index (χ1v) is 8.83. The molecule has 2 N–H and O–H groups in total. The normalized spacial score (nSPS) is 12.3. The minimum absolute atomic E-state index is 0.282. The van der Waals surface area contributed by atoms with Crippen LogP contribution in [-0.4, -0.2) is 24.1 Å². The van der Waals surface area contributed by atoms with Crippen molar-refractivity contribution in [3.63, 3.8) is 0 Å². The van der Waals surface area contributed by atoms with E-state index < -0.39 is 0 Å². The van der Waals surface area contributed by atoms with Gasteiger partial charge < -0.3 is 20.1 Å². The number of anilines is 2. The van der Waals surface area contributed by atoms with Crippen LogP contribution in [0.25, 0.3) is 0 Å². The van der Waals surface area contributed by atoms with Crippen molar-refractivity contribution in [2.45, 2.75) is 6.54 Å². The standard InChI is InChI=1S/C21H18FN3O3/c22-15-3-1-14(2-4-15)13-24-21(26)18-11-17(7-8-23-18)25-16-5-6-19-20(12-16)28-10-9-27-19/h1-8,11-12H,9-10,13H2,(H,23,25)(H,24,26). The zero-order chi connectivity index (χ0) is 19.3. The Labute approximate surface area is 161 Å². The highest BCUT2D eigenvalue weighted by atomic mass is 19.1. The van der Waals surface area contributed by atoms with Gasteiger partial charge in [0, 0.05) is 30.2 Å². The average Bonchev–Trinajstić information content (AvgIpc) is 2.73. The molecule has 142 valence electrons. The van der Waals surface area contributed by atoms with Crippen molar-refractivity contribution in [1.82, 2.24) is 10.3 Å². The van der Waals surface area contributed by atoms with Gasteiger partial charge in [-0.2, -0.15) is 0 Å². The highest BCUT2D eigenvalue weighted by Gasteiger charge is 2.12. The van der Waals surface area contributed by atoms with Crippen LogP contribution in [0.5, 0.6) is 11.5 Å². The number of aromatic nitrogens is 1. The SMILES string of the molecule is O=C(NCc1ccc(F)cc1)c1cc(Nc2ccc3c(c2)OCCO3)ccn1.